The van der Waals surface area contributed by atoms with Crippen LogP contribution in [0.5, 0.6) is 0 Å². The number of aromatic nitrogens is 2. The number of carbonyl (C=O) groups is 1. The van der Waals surface area contributed by atoms with E-state index in [1.54, 1.807) is 0 Å². The molecule has 0 saturated heterocycles. The molecule has 4 rings (SSSR count). The number of carbonyl (C=O) groups excluding carboxylic acids is 1. The van der Waals surface area contributed by atoms with Crippen LogP contribution >= 0.6 is 0 Å². The summed E-state index contributed by atoms with van der Waals surface area (Å²) < 4.78 is 1.96. The fourth-order valence-corrected chi connectivity index (χ4v) is 3.98. The third-order valence-electron chi connectivity index (χ3n) is 5.73. The van der Waals surface area contributed by atoms with Crippen molar-refractivity contribution in [3.8, 4) is 11.3 Å². The molecule has 1 amide bonds. The summed E-state index contributed by atoms with van der Waals surface area (Å²) in [6.07, 6.45) is 1.94. The van der Waals surface area contributed by atoms with Crippen LogP contribution in [-0.2, 0) is 13.1 Å². The molecule has 7 heteroatoms. The molecule has 2 aromatic carbocycles. The van der Waals surface area contributed by atoms with Crippen molar-refractivity contribution in [1.29, 1.82) is 0 Å². The molecule has 2 heterocycles. The van der Waals surface area contributed by atoms with E-state index < -0.39 is 0 Å². The van der Waals surface area contributed by atoms with E-state index in [9.17, 15) is 4.79 Å². The normalized spacial score (nSPS) is 11.5. The number of imidazole rings is 1. The van der Waals surface area contributed by atoms with Gasteiger partial charge in [0, 0.05) is 50.2 Å². The van der Waals surface area contributed by atoms with Gasteiger partial charge in [-0.1, -0.05) is 36.4 Å². The van der Waals surface area contributed by atoms with Crippen LogP contribution in [0.2, 0.25) is 0 Å². The number of pyridine rings is 1. The maximum Gasteiger partial charge on any atom is 0.255 e. The standard InChI is InChI=1S/C28H34N6O/c1-28(2,3)32-26-24(21-11-13-22(14-12-21)33(4)5)31-25-23(10-7-15-34(25)26)27(35)30-18-20-9-6-8-19(16-20)17-29/h6-16,32H,17-18,29H2,1-5H3,(H,30,35). The zero-order chi connectivity index (χ0) is 25.2. The van der Waals surface area contributed by atoms with E-state index in [0.717, 1.165) is 33.9 Å². The Hall–Kier alpha value is -3.84. The minimum atomic E-state index is -0.194. The average Bonchev–Trinajstić information content (AvgIpc) is 3.19. The highest BCUT2D eigenvalue weighted by Crippen LogP contribution is 2.32. The van der Waals surface area contributed by atoms with Crippen molar-refractivity contribution in [1.82, 2.24) is 14.7 Å². The third kappa shape index (κ3) is 5.46. The van der Waals surface area contributed by atoms with Gasteiger partial charge in [-0.3, -0.25) is 9.20 Å². The van der Waals surface area contributed by atoms with Crippen molar-refractivity contribution < 1.29 is 4.79 Å². The summed E-state index contributed by atoms with van der Waals surface area (Å²) >= 11 is 0. The molecule has 35 heavy (non-hydrogen) atoms. The molecule has 0 aliphatic rings. The van der Waals surface area contributed by atoms with Crippen molar-refractivity contribution in [2.75, 3.05) is 24.3 Å². The van der Waals surface area contributed by atoms with Gasteiger partial charge < -0.3 is 21.3 Å². The summed E-state index contributed by atoms with van der Waals surface area (Å²) in [5.41, 5.74) is 11.6. The second kappa shape index (κ2) is 9.80. The lowest BCUT2D eigenvalue weighted by molar-refractivity contribution is 0.0952. The maximum atomic E-state index is 13.2. The molecule has 7 nitrogen and oxygen atoms in total. The molecule has 4 aromatic rings. The van der Waals surface area contributed by atoms with Crippen molar-refractivity contribution in [2.24, 2.45) is 5.73 Å². The highest BCUT2D eigenvalue weighted by molar-refractivity contribution is 6.01. The van der Waals surface area contributed by atoms with Gasteiger partial charge in [-0.15, -0.1) is 0 Å². The number of benzene rings is 2. The van der Waals surface area contributed by atoms with Crippen molar-refractivity contribution in [3.63, 3.8) is 0 Å². The first-order valence-corrected chi connectivity index (χ1v) is 11.8. The Morgan fingerprint density at radius 3 is 2.40 bits per heavy atom. The average molecular weight is 471 g/mol. The quantitative estimate of drug-likeness (QED) is 0.365. The first-order valence-electron chi connectivity index (χ1n) is 11.8. The molecule has 2 aromatic heterocycles. The maximum absolute atomic E-state index is 13.2. The predicted molar refractivity (Wildman–Crippen MR) is 144 cm³/mol. The number of nitrogens with one attached hydrogen (secondary N) is 2. The molecule has 0 radical (unpaired) electrons. The van der Waals surface area contributed by atoms with Gasteiger partial charge in [0.1, 0.15) is 11.5 Å². The summed E-state index contributed by atoms with van der Waals surface area (Å²) in [5, 5.41) is 6.63. The second-order valence-electron chi connectivity index (χ2n) is 9.95. The fraction of sp³-hybridized carbons (Fsp3) is 0.286. The van der Waals surface area contributed by atoms with Gasteiger partial charge in [0.15, 0.2) is 5.65 Å². The topological polar surface area (TPSA) is 87.7 Å². The Bertz CT molecular complexity index is 1330. The monoisotopic (exact) mass is 470 g/mol. The van der Waals surface area contributed by atoms with Crippen LogP contribution in [0.1, 0.15) is 42.3 Å². The lowest BCUT2D eigenvalue weighted by atomic mass is 10.1. The minimum Gasteiger partial charge on any atom is -0.378 e. The molecule has 0 aliphatic heterocycles. The number of amides is 1. The molecule has 0 spiro atoms. The first kappa shape index (κ1) is 24.3. The lowest BCUT2D eigenvalue weighted by Crippen LogP contribution is -2.27. The molecular formula is C28H34N6O. The van der Waals surface area contributed by atoms with E-state index in [0.29, 0.717) is 24.3 Å². The Labute approximate surface area is 207 Å². The van der Waals surface area contributed by atoms with Crippen LogP contribution in [0.3, 0.4) is 0 Å². The van der Waals surface area contributed by atoms with Crippen LogP contribution in [0.15, 0.2) is 66.9 Å². The summed E-state index contributed by atoms with van der Waals surface area (Å²) in [6.45, 7) is 7.21. The number of fused-ring (bicyclic) bond motifs is 1. The van der Waals surface area contributed by atoms with Crippen molar-refractivity contribution in [3.05, 3.63) is 83.6 Å². The van der Waals surface area contributed by atoms with Crippen molar-refractivity contribution >= 4 is 23.1 Å². The van der Waals surface area contributed by atoms with Crippen LogP contribution in [0, 0.1) is 0 Å². The van der Waals surface area contributed by atoms with Crippen LogP contribution in [-0.4, -0.2) is 34.9 Å². The highest BCUT2D eigenvalue weighted by atomic mass is 16.1. The lowest BCUT2D eigenvalue weighted by Gasteiger charge is -2.23. The molecule has 0 aliphatic carbocycles. The first-order chi connectivity index (χ1) is 16.7. The van der Waals surface area contributed by atoms with Gasteiger partial charge in [-0.05, 0) is 56.2 Å². The molecule has 182 valence electrons. The summed E-state index contributed by atoms with van der Waals surface area (Å²) in [7, 11) is 4.04. The molecule has 0 saturated carbocycles. The molecular weight excluding hydrogens is 436 g/mol. The molecule has 0 atom stereocenters. The van der Waals surface area contributed by atoms with E-state index in [1.165, 1.54) is 0 Å². The summed E-state index contributed by atoms with van der Waals surface area (Å²) in [6, 6.07) is 19.9. The predicted octanol–water partition coefficient (Wildman–Crippen LogP) is 4.67. The fourth-order valence-electron chi connectivity index (χ4n) is 3.98. The summed E-state index contributed by atoms with van der Waals surface area (Å²) in [5.74, 6) is 0.686. The Kier molecular flexibility index (Phi) is 6.80. The van der Waals surface area contributed by atoms with E-state index in [4.69, 9.17) is 10.7 Å². The van der Waals surface area contributed by atoms with Crippen LogP contribution in [0.25, 0.3) is 16.9 Å². The smallest absolute Gasteiger partial charge is 0.255 e. The molecule has 0 unspecified atom stereocenters. The minimum absolute atomic E-state index is 0.171. The Morgan fingerprint density at radius 1 is 1.03 bits per heavy atom. The van der Waals surface area contributed by atoms with Crippen LogP contribution < -0.4 is 21.3 Å². The second-order valence-corrected chi connectivity index (χ2v) is 9.95. The number of hydrogen-bond acceptors (Lipinski definition) is 5. The van der Waals surface area contributed by atoms with Gasteiger partial charge in [-0.2, -0.15) is 0 Å². The zero-order valence-electron chi connectivity index (χ0n) is 21.1. The van der Waals surface area contributed by atoms with E-state index in [1.807, 2.05) is 61.1 Å². The van der Waals surface area contributed by atoms with Crippen molar-refractivity contribution in [2.45, 2.75) is 39.4 Å². The highest BCUT2D eigenvalue weighted by Gasteiger charge is 2.22. The van der Waals surface area contributed by atoms with Gasteiger partial charge in [0.2, 0.25) is 0 Å². The van der Waals surface area contributed by atoms with Gasteiger partial charge in [0.05, 0.1) is 5.56 Å². The zero-order valence-corrected chi connectivity index (χ0v) is 21.1. The number of nitrogens with zero attached hydrogens (tertiary/aromatic N) is 3. The van der Waals surface area contributed by atoms with E-state index >= 15 is 0 Å². The Balaban J connectivity index is 1.72. The van der Waals surface area contributed by atoms with Crippen LogP contribution in [0.4, 0.5) is 11.5 Å². The number of nitrogens with two attached hydrogens (primary N) is 1. The Morgan fingerprint density at radius 2 is 1.74 bits per heavy atom. The molecule has 4 N–H and O–H groups in total. The van der Waals surface area contributed by atoms with E-state index in [-0.39, 0.29) is 11.4 Å². The third-order valence-corrected chi connectivity index (χ3v) is 5.73. The largest absolute Gasteiger partial charge is 0.378 e. The number of hydrogen-bond donors (Lipinski definition) is 3. The van der Waals surface area contributed by atoms with Gasteiger partial charge in [-0.25, -0.2) is 4.98 Å². The number of rotatable bonds is 7. The SMILES string of the molecule is CN(C)c1ccc(-c2nc3c(C(=O)NCc4cccc(CN)c4)cccn3c2NC(C)(C)C)cc1. The van der Waals surface area contributed by atoms with E-state index in [2.05, 4.69) is 60.6 Å². The summed E-state index contributed by atoms with van der Waals surface area (Å²) in [4.78, 5) is 20.3. The molecule has 0 bridgehead atoms. The van der Waals surface area contributed by atoms with Gasteiger partial charge >= 0.3 is 0 Å². The number of anilines is 2. The molecule has 0 fully saturated rings. The van der Waals surface area contributed by atoms with Gasteiger partial charge in [0.25, 0.3) is 5.91 Å².